The zero-order chi connectivity index (χ0) is 51.8. The Bertz CT molecular complexity index is 1200. The number of nitrogens with one attached hydrogen (secondary N) is 1. The molecule has 9 unspecified atom stereocenters. The first kappa shape index (κ1) is 67.6. The number of rotatable bonds is 52. The number of hydrogen-bond acceptors (Lipinski definition) is 10. The quantitative estimate of drug-likeness (QED) is 0.0215. The van der Waals surface area contributed by atoms with Gasteiger partial charge in [0.2, 0.25) is 5.91 Å². The van der Waals surface area contributed by atoms with Crippen molar-refractivity contribution in [2.45, 2.75) is 339 Å². The second-order valence-corrected chi connectivity index (χ2v) is 21.4. The Morgan fingerprint density at radius 1 is 0.493 bits per heavy atom. The highest BCUT2D eigenvalue weighted by Crippen LogP contribution is 2.24. The minimum Gasteiger partial charge on any atom is -0.394 e. The number of allylic oxidation sites excluding steroid dienone is 4. The molecule has 0 radical (unpaired) electrons. The molecule has 8 N–H and O–H groups in total. The number of ether oxygens (including phenoxy) is 2. The van der Waals surface area contributed by atoms with Crippen LogP contribution in [0.4, 0.5) is 0 Å². The molecule has 0 aliphatic carbocycles. The van der Waals surface area contributed by atoms with Crippen LogP contribution in [0.1, 0.15) is 284 Å². The highest BCUT2D eigenvalue weighted by Gasteiger charge is 2.44. The van der Waals surface area contributed by atoms with Gasteiger partial charge in [-0.3, -0.25) is 4.79 Å². The van der Waals surface area contributed by atoms with Gasteiger partial charge in [0, 0.05) is 0 Å². The van der Waals surface area contributed by atoms with E-state index in [9.17, 15) is 40.5 Å². The van der Waals surface area contributed by atoms with Gasteiger partial charge in [-0.05, 0) is 44.9 Å². The maximum absolute atomic E-state index is 13.2. The molecule has 0 aromatic carbocycles. The fourth-order valence-electron chi connectivity index (χ4n) is 9.83. The summed E-state index contributed by atoms with van der Waals surface area (Å²) >= 11 is 0. The Hall–Kier alpha value is -1.41. The van der Waals surface area contributed by atoms with Crippen molar-refractivity contribution < 1.29 is 50.0 Å². The molecule has 9 atom stereocenters. The average molecular weight is 1010 g/mol. The van der Waals surface area contributed by atoms with E-state index in [0.717, 1.165) is 51.4 Å². The lowest BCUT2D eigenvalue weighted by Crippen LogP contribution is -2.60. The van der Waals surface area contributed by atoms with Crippen LogP contribution in [0.15, 0.2) is 24.3 Å². The summed E-state index contributed by atoms with van der Waals surface area (Å²) in [6.07, 6.45) is 48.0. The molecular weight excluding hydrogens is 895 g/mol. The Balaban J connectivity index is 2.28. The molecule has 11 heteroatoms. The molecule has 0 spiro atoms. The van der Waals surface area contributed by atoms with Crippen LogP contribution in [0.3, 0.4) is 0 Å². The smallest absolute Gasteiger partial charge is 0.249 e. The molecule has 1 amide bonds. The summed E-state index contributed by atoms with van der Waals surface area (Å²) in [5.41, 5.74) is 0. The molecule has 71 heavy (non-hydrogen) atoms. The number of aliphatic hydroxyl groups is 7. The van der Waals surface area contributed by atoms with E-state index in [-0.39, 0.29) is 6.42 Å². The van der Waals surface area contributed by atoms with E-state index < -0.39 is 74.2 Å². The van der Waals surface area contributed by atoms with Crippen LogP contribution in [-0.2, 0) is 14.3 Å². The van der Waals surface area contributed by atoms with E-state index in [2.05, 4.69) is 43.5 Å². The maximum Gasteiger partial charge on any atom is 0.249 e. The lowest BCUT2D eigenvalue weighted by molar-refractivity contribution is -0.303. The largest absolute Gasteiger partial charge is 0.394 e. The van der Waals surface area contributed by atoms with Crippen LogP contribution in [0.5, 0.6) is 0 Å². The van der Waals surface area contributed by atoms with Gasteiger partial charge in [-0.2, -0.15) is 0 Å². The van der Waals surface area contributed by atoms with Gasteiger partial charge in [-0.25, -0.2) is 0 Å². The van der Waals surface area contributed by atoms with Gasteiger partial charge in [-0.15, -0.1) is 0 Å². The molecule has 0 aromatic rings. The van der Waals surface area contributed by atoms with Crippen LogP contribution >= 0.6 is 0 Å². The van der Waals surface area contributed by atoms with Gasteiger partial charge in [0.25, 0.3) is 0 Å². The summed E-state index contributed by atoms with van der Waals surface area (Å²) in [7, 11) is 0. The number of carbonyl (C=O) groups excluding carboxylic acids is 1. The van der Waals surface area contributed by atoms with E-state index in [1.54, 1.807) is 0 Å². The third-order valence-electron chi connectivity index (χ3n) is 14.8. The summed E-state index contributed by atoms with van der Waals surface area (Å²) in [5, 5.41) is 76.2. The van der Waals surface area contributed by atoms with Crippen molar-refractivity contribution in [3.8, 4) is 0 Å². The first-order valence-electron chi connectivity index (χ1n) is 30.2. The number of amides is 1. The van der Waals surface area contributed by atoms with Crippen molar-refractivity contribution in [1.29, 1.82) is 0 Å². The lowest BCUT2D eigenvalue weighted by atomic mass is 9.98. The number of hydrogen-bond donors (Lipinski definition) is 8. The fourth-order valence-corrected chi connectivity index (χ4v) is 9.83. The van der Waals surface area contributed by atoms with E-state index in [1.165, 1.54) is 193 Å². The summed E-state index contributed by atoms with van der Waals surface area (Å²) < 4.78 is 11.2. The first-order chi connectivity index (χ1) is 34.7. The Morgan fingerprint density at radius 3 is 1.25 bits per heavy atom. The molecule has 1 fully saturated rings. The van der Waals surface area contributed by atoms with E-state index >= 15 is 0 Å². The van der Waals surface area contributed by atoms with Gasteiger partial charge >= 0.3 is 0 Å². The summed E-state index contributed by atoms with van der Waals surface area (Å²) in [6, 6.07) is -1.17. The van der Waals surface area contributed by atoms with E-state index in [0.29, 0.717) is 19.3 Å². The number of unbranched alkanes of at least 4 members (excludes halogenated alkanes) is 36. The molecule has 11 nitrogen and oxygen atoms in total. The van der Waals surface area contributed by atoms with Crippen molar-refractivity contribution in [2.75, 3.05) is 13.2 Å². The molecule has 0 aromatic heterocycles. The summed E-state index contributed by atoms with van der Waals surface area (Å²) in [5.74, 6) is -0.696. The van der Waals surface area contributed by atoms with Crippen LogP contribution in [0.2, 0.25) is 0 Å². The third kappa shape index (κ3) is 37.9. The average Bonchev–Trinajstić information content (AvgIpc) is 3.37. The van der Waals surface area contributed by atoms with Gasteiger partial charge in [0.05, 0.1) is 25.4 Å². The van der Waals surface area contributed by atoms with Gasteiger partial charge < -0.3 is 50.5 Å². The normalized spacial score (nSPS) is 20.3. The highest BCUT2D eigenvalue weighted by molar-refractivity contribution is 5.80. The van der Waals surface area contributed by atoms with Crippen LogP contribution < -0.4 is 5.32 Å². The molecule has 1 aliphatic rings. The molecule has 1 aliphatic heterocycles. The number of aliphatic hydroxyl groups excluding tert-OH is 7. The topological polar surface area (TPSA) is 189 Å². The second-order valence-electron chi connectivity index (χ2n) is 21.4. The molecule has 1 rings (SSSR count). The minimum atomic E-state index is -1.66. The third-order valence-corrected chi connectivity index (χ3v) is 14.8. The zero-order valence-corrected chi connectivity index (χ0v) is 46.0. The highest BCUT2D eigenvalue weighted by atomic mass is 16.7. The van der Waals surface area contributed by atoms with Crippen LogP contribution in [-0.4, -0.2) is 110 Å². The van der Waals surface area contributed by atoms with Crippen molar-refractivity contribution in [2.24, 2.45) is 0 Å². The molecule has 1 saturated heterocycles. The zero-order valence-electron chi connectivity index (χ0n) is 46.0. The van der Waals surface area contributed by atoms with Crippen molar-refractivity contribution in [3.63, 3.8) is 0 Å². The minimum absolute atomic E-state index is 0.258. The van der Waals surface area contributed by atoms with Crippen molar-refractivity contribution in [3.05, 3.63) is 24.3 Å². The fraction of sp³-hybridized carbons (Fsp3) is 0.917. The van der Waals surface area contributed by atoms with Crippen molar-refractivity contribution >= 4 is 5.91 Å². The summed E-state index contributed by atoms with van der Waals surface area (Å²) in [4.78, 5) is 13.2. The van der Waals surface area contributed by atoms with Gasteiger partial charge in [-0.1, -0.05) is 263 Å². The SMILES string of the molecule is CCCCCCCCCCC/C=C\C/C=C\CCCCCCCCCCCCC(O)C(=O)NC(COC1OC(CO)C(O)C(O)C1O)C(O)C(O)CCCCCCCCCCCCCCCCCCCC. The first-order valence-corrected chi connectivity index (χ1v) is 30.2. The standard InChI is InChI=1S/C60H115NO10/c1-3-5-7-9-11-13-15-17-19-21-23-24-25-26-27-28-29-30-32-34-36-38-40-42-44-46-48-53(64)59(69)61-51(50-70-60-58(68)57(67)56(66)54(49-62)71-60)55(65)52(63)47-45-43-41-39-37-35-33-31-22-20-18-16-14-12-10-8-6-4-2/h23-24,26-27,51-58,60,62-68H,3-22,25,28-50H2,1-2H3,(H,61,69)/b24-23-,27-26-. The molecule has 0 saturated carbocycles. The predicted molar refractivity (Wildman–Crippen MR) is 293 cm³/mol. The second kappa shape index (κ2) is 49.5. The van der Waals surface area contributed by atoms with E-state index in [1.807, 2.05) is 0 Å². The van der Waals surface area contributed by atoms with E-state index in [4.69, 9.17) is 9.47 Å². The Kier molecular flexibility index (Phi) is 47.1. The van der Waals surface area contributed by atoms with Crippen LogP contribution in [0, 0.1) is 0 Å². The van der Waals surface area contributed by atoms with Crippen molar-refractivity contribution in [1.82, 2.24) is 5.32 Å². The lowest BCUT2D eigenvalue weighted by Gasteiger charge is -2.40. The Morgan fingerprint density at radius 2 is 0.859 bits per heavy atom. The van der Waals surface area contributed by atoms with Crippen LogP contribution in [0.25, 0.3) is 0 Å². The molecule has 1 heterocycles. The monoisotopic (exact) mass is 1010 g/mol. The maximum atomic E-state index is 13.2. The van der Waals surface area contributed by atoms with Gasteiger partial charge in [0.1, 0.15) is 36.6 Å². The molecule has 420 valence electrons. The Labute approximate surface area is 435 Å². The molecular formula is C60H115NO10. The number of carbonyl (C=O) groups is 1. The molecule has 0 bridgehead atoms. The predicted octanol–water partition coefficient (Wildman–Crippen LogP) is 12.9. The van der Waals surface area contributed by atoms with Gasteiger partial charge in [0.15, 0.2) is 6.29 Å². The summed E-state index contributed by atoms with van der Waals surface area (Å²) in [6.45, 7) is 3.49.